The molecule has 1 saturated heterocycles. The number of aromatic nitrogens is 1. The molecule has 0 amide bonds. The van der Waals surface area contributed by atoms with Crippen molar-refractivity contribution in [2.75, 3.05) is 20.0 Å². The van der Waals surface area contributed by atoms with Crippen LogP contribution in [0.25, 0.3) is 11.0 Å². The highest BCUT2D eigenvalue weighted by molar-refractivity contribution is 6.03. The van der Waals surface area contributed by atoms with E-state index in [9.17, 15) is 4.79 Å². The van der Waals surface area contributed by atoms with E-state index in [0.717, 1.165) is 10.9 Å². The monoisotopic (exact) mass is 367 g/mol. The fourth-order valence-corrected chi connectivity index (χ4v) is 3.21. The van der Waals surface area contributed by atoms with Crippen molar-refractivity contribution < 1.29 is 23.4 Å². The number of rotatable bonds is 7. The quantitative estimate of drug-likeness (QED) is 0.357. The van der Waals surface area contributed by atoms with E-state index in [1.807, 2.05) is 30.3 Å². The summed E-state index contributed by atoms with van der Waals surface area (Å²) in [7, 11) is 0. The molecule has 1 aliphatic heterocycles. The van der Waals surface area contributed by atoms with Gasteiger partial charge < -0.3 is 18.6 Å². The number of ether oxygens (including phenoxy) is 3. The van der Waals surface area contributed by atoms with Crippen molar-refractivity contribution in [3.05, 3.63) is 60.1 Å². The summed E-state index contributed by atoms with van der Waals surface area (Å²) in [5.41, 5.74) is 1.59. The number of Topliss-reactive ketones (excluding diaryl/α,β-unsaturated/α-hetero) is 1. The summed E-state index contributed by atoms with van der Waals surface area (Å²) in [6, 6.07) is 11.6. The van der Waals surface area contributed by atoms with Crippen LogP contribution in [0, 0.1) is 5.92 Å². The van der Waals surface area contributed by atoms with E-state index in [1.54, 1.807) is 18.5 Å². The largest absolute Gasteiger partial charge is 0.463 e. The first-order valence-electron chi connectivity index (χ1n) is 9.06. The second kappa shape index (κ2) is 8.33. The summed E-state index contributed by atoms with van der Waals surface area (Å²) in [6.45, 7) is 1.64. The molecule has 6 nitrogen and oxygen atoms in total. The maximum Gasteiger partial charge on any atom is 0.213 e. The highest BCUT2D eigenvalue weighted by Crippen LogP contribution is 2.35. The van der Waals surface area contributed by atoms with Crippen LogP contribution in [0.15, 0.2) is 53.2 Å². The Morgan fingerprint density at radius 3 is 2.78 bits per heavy atom. The van der Waals surface area contributed by atoms with Crippen LogP contribution >= 0.6 is 0 Å². The second-order valence-electron chi connectivity index (χ2n) is 6.48. The number of hydrogen-bond acceptors (Lipinski definition) is 6. The Labute approximate surface area is 157 Å². The van der Waals surface area contributed by atoms with E-state index in [4.69, 9.17) is 18.6 Å². The number of ketones is 1. The van der Waals surface area contributed by atoms with Crippen molar-refractivity contribution >= 4 is 16.8 Å². The lowest BCUT2D eigenvalue weighted by molar-refractivity contribution is 0.00457. The lowest BCUT2D eigenvalue weighted by Gasteiger charge is -2.20. The van der Waals surface area contributed by atoms with Crippen LogP contribution in [0.1, 0.15) is 29.0 Å². The molecule has 27 heavy (non-hydrogen) atoms. The second-order valence-corrected chi connectivity index (χ2v) is 6.48. The topological polar surface area (TPSA) is 70.8 Å². The molecule has 2 aromatic heterocycles. The van der Waals surface area contributed by atoms with Crippen LogP contribution in [0.3, 0.4) is 0 Å². The van der Waals surface area contributed by atoms with Gasteiger partial charge in [-0.2, -0.15) is 0 Å². The standard InChI is InChI=1S/C21H21NO5/c23-19(16-7-10-24-11-8-16)21-20(17-6-9-22-12-18(17)27-21)26-14-25-13-15-4-2-1-3-5-15/h1-6,9,12,16H,7-8,10-11,13-14H2. The molecular weight excluding hydrogens is 346 g/mol. The minimum atomic E-state index is -0.111. The zero-order valence-electron chi connectivity index (χ0n) is 14.9. The number of benzene rings is 1. The number of carbonyl (C=O) groups is 1. The molecule has 0 bridgehead atoms. The Morgan fingerprint density at radius 1 is 1.15 bits per heavy atom. The van der Waals surface area contributed by atoms with Crippen molar-refractivity contribution in [2.24, 2.45) is 5.92 Å². The molecular formula is C21H21NO5. The van der Waals surface area contributed by atoms with Crippen molar-refractivity contribution in [2.45, 2.75) is 19.4 Å². The summed E-state index contributed by atoms with van der Waals surface area (Å²) in [5.74, 6) is 0.512. The van der Waals surface area contributed by atoms with Crippen molar-refractivity contribution in [1.29, 1.82) is 0 Å². The Bertz CT molecular complexity index is 899. The maximum atomic E-state index is 13.0. The zero-order chi connectivity index (χ0) is 18.5. The van der Waals surface area contributed by atoms with Crippen LogP contribution in [-0.4, -0.2) is 30.8 Å². The summed E-state index contributed by atoms with van der Waals surface area (Å²) < 4.78 is 22.6. The van der Waals surface area contributed by atoms with Crippen molar-refractivity contribution in [1.82, 2.24) is 4.98 Å². The first-order valence-corrected chi connectivity index (χ1v) is 9.06. The van der Waals surface area contributed by atoms with Gasteiger partial charge in [-0.15, -0.1) is 0 Å². The molecule has 0 radical (unpaired) electrons. The van der Waals surface area contributed by atoms with Gasteiger partial charge in [0.2, 0.25) is 11.5 Å². The Hall–Kier alpha value is -2.70. The van der Waals surface area contributed by atoms with E-state index in [2.05, 4.69) is 4.98 Å². The summed E-state index contributed by atoms with van der Waals surface area (Å²) in [4.78, 5) is 17.0. The van der Waals surface area contributed by atoms with Gasteiger partial charge in [0.1, 0.15) is 0 Å². The average molecular weight is 367 g/mol. The number of nitrogens with zero attached hydrogens (tertiary/aromatic N) is 1. The van der Waals surface area contributed by atoms with Gasteiger partial charge in [0.25, 0.3) is 0 Å². The van der Waals surface area contributed by atoms with Gasteiger partial charge in [-0.05, 0) is 24.5 Å². The average Bonchev–Trinajstić information content (AvgIpc) is 3.11. The minimum Gasteiger partial charge on any atom is -0.463 e. The van der Waals surface area contributed by atoms with Gasteiger partial charge in [0, 0.05) is 25.3 Å². The number of pyridine rings is 1. The van der Waals surface area contributed by atoms with Crippen LogP contribution in [0.5, 0.6) is 5.75 Å². The van der Waals surface area contributed by atoms with Crippen molar-refractivity contribution in [3.8, 4) is 5.75 Å². The van der Waals surface area contributed by atoms with Crippen LogP contribution in [0.4, 0.5) is 0 Å². The smallest absolute Gasteiger partial charge is 0.213 e. The van der Waals surface area contributed by atoms with E-state index in [1.165, 1.54) is 0 Å². The Balaban J connectivity index is 1.50. The molecule has 0 spiro atoms. The fraction of sp³-hybridized carbons (Fsp3) is 0.333. The highest BCUT2D eigenvalue weighted by Gasteiger charge is 2.30. The summed E-state index contributed by atoms with van der Waals surface area (Å²) >= 11 is 0. The molecule has 3 aromatic rings. The van der Waals surface area contributed by atoms with Crippen molar-refractivity contribution in [3.63, 3.8) is 0 Å². The molecule has 1 aliphatic rings. The number of hydrogen-bond donors (Lipinski definition) is 0. The Morgan fingerprint density at radius 2 is 1.96 bits per heavy atom. The molecule has 0 atom stereocenters. The lowest BCUT2D eigenvalue weighted by Crippen LogP contribution is -2.23. The van der Waals surface area contributed by atoms with E-state index >= 15 is 0 Å². The third-order valence-corrected chi connectivity index (χ3v) is 4.66. The maximum absolute atomic E-state index is 13.0. The predicted molar refractivity (Wildman–Crippen MR) is 98.6 cm³/mol. The first-order chi connectivity index (χ1) is 13.3. The van der Waals surface area contributed by atoms with Crippen LogP contribution < -0.4 is 4.74 Å². The molecule has 140 valence electrons. The molecule has 0 unspecified atom stereocenters. The summed E-state index contributed by atoms with van der Waals surface area (Å²) in [5, 5.41) is 0.726. The lowest BCUT2D eigenvalue weighted by atomic mass is 9.93. The van der Waals surface area contributed by atoms with Crippen LogP contribution in [-0.2, 0) is 16.1 Å². The first kappa shape index (κ1) is 17.7. The third kappa shape index (κ3) is 4.02. The normalized spacial score (nSPS) is 15.1. The number of furan rings is 1. The molecule has 6 heteroatoms. The highest BCUT2D eigenvalue weighted by atomic mass is 16.7. The summed E-state index contributed by atoms with van der Waals surface area (Å²) in [6.07, 6.45) is 4.63. The van der Waals surface area contributed by atoms with E-state index < -0.39 is 0 Å². The molecule has 3 heterocycles. The fourth-order valence-electron chi connectivity index (χ4n) is 3.21. The predicted octanol–water partition coefficient (Wildman–Crippen LogP) is 3.99. The zero-order valence-corrected chi connectivity index (χ0v) is 14.9. The number of fused-ring (bicyclic) bond motifs is 1. The molecule has 0 N–H and O–H groups in total. The molecule has 1 fully saturated rings. The van der Waals surface area contributed by atoms with Gasteiger partial charge >= 0.3 is 0 Å². The van der Waals surface area contributed by atoms with Gasteiger partial charge in [-0.3, -0.25) is 9.78 Å². The van der Waals surface area contributed by atoms with Crippen LogP contribution in [0.2, 0.25) is 0 Å². The number of carbonyl (C=O) groups excluding carboxylic acids is 1. The minimum absolute atomic E-state index is 0.0277. The van der Waals surface area contributed by atoms with Gasteiger partial charge in [-0.1, -0.05) is 30.3 Å². The molecule has 4 rings (SSSR count). The third-order valence-electron chi connectivity index (χ3n) is 4.66. The van der Waals surface area contributed by atoms with Gasteiger partial charge in [0.15, 0.2) is 18.1 Å². The SMILES string of the molecule is O=C(c1oc2cnccc2c1OCOCc1ccccc1)C1CCOCC1. The molecule has 0 aliphatic carbocycles. The van der Waals surface area contributed by atoms with E-state index in [0.29, 0.717) is 44.0 Å². The van der Waals surface area contributed by atoms with Gasteiger partial charge in [0.05, 0.1) is 18.2 Å². The molecule has 1 aromatic carbocycles. The Kier molecular flexibility index (Phi) is 5.46. The van der Waals surface area contributed by atoms with E-state index in [-0.39, 0.29) is 24.3 Å². The molecule has 0 saturated carbocycles. The van der Waals surface area contributed by atoms with Gasteiger partial charge in [-0.25, -0.2) is 0 Å².